The van der Waals surface area contributed by atoms with Crippen molar-refractivity contribution in [2.24, 2.45) is 0 Å². The number of likely N-dealkylation sites (N-methyl/N-ethyl adjacent to an activating group) is 1. The number of ether oxygens (including phenoxy) is 2. The molecule has 0 aromatic heterocycles. The fourth-order valence-electron chi connectivity index (χ4n) is 5.90. The first kappa shape index (κ1) is 57.6. The lowest BCUT2D eigenvalue weighted by atomic mass is 10.0. The number of nitrogens with zero attached hydrogens (tertiary/aromatic N) is 1. The lowest BCUT2D eigenvalue weighted by molar-refractivity contribution is -0.870. The molecule has 0 aliphatic heterocycles. The first-order chi connectivity index (χ1) is 28.8. The molecule has 0 rings (SSSR count). The molecule has 348 valence electrons. The number of rotatable bonds is 41. The topological polar surface area (TPSA) is 152 Å². The number of phosphoric ester groups is 1. The van der Waals surface area contributed by atoms with Crippen LogP contribution in [0.5, 0.6) is 0 Å². The fourth-order valence-corrected chi connectivity index (χ4v) is 6.63. The van der Waals surface area contributed by atoms with Gasteiger partial charge in [0.25, 0.3) is 7.82 Å². The predicted molar refractivity (Wildman–Crippen MR) is 243 cm³/mol. The largest absolute Gasteiger partial charge is 0.756 e. The Kier molecular flexibility index (Phi) is 37.9. The van der Waals surface area contributed by atoms with Gasteiger partial charge >= 0.3 is 11.9 Å². The number of hydrogen-bond acceptors (Lipinski definition) is 10. The molecule has 60 heavy (non-hydrogen) atoms. The Labute approximate surface area is 365 Å². The maximum atomic E-state index is 12.7. The third kappa shape index (κ3) is 41.0. The summed E-state index contributed by atoms with van der Waals surface area (Å²) in [4.78, 5) is 37.7. The van der Waals surface area contributed by atoms with E-state index in [9.17, 15) is 29.3 Å². The Morgan fingerprint density at radius 3 is 1.63 bits per heavy atom. The van der Waals surface area contributed by atoms with Crippen LogP contribution in [0.15, 0.2) is 60.8 Å². The second-order valence-electron chi connectivity index (χ2n) is 16.7. The second-order valence-corrected chi connectivity index (χ2v) is 18.1. The van der Waals surface area contributed by atoms with Gasteiger partial charge in [-0.15, -0.1) is 0 Å². The van der Waals surface area contributed by atoms with Gasteiger partial charge in [0.05, 0.1) is 40.0 Å². The van der Waals surface area contributed by atoms with Gasteiger partial charge in [-0.1, -0.05) is 132 Å². The smallest absolute Gasteiger partial charge is 0.306 e. The van der Waals surface area contributed by atoms with E-state index >= 15 is 0 Å². The molecule has 0 amide bonds. The summed E-state index contributed by atoms with van der Waals surface area (Å²) in [6.07, 6.45) is 39.9. The minimum atomic E-state index is -4.70. The van der Waals surface area contributed by atoms with Crippen LogP contribution in [0.1, 0.15) is 168 Å². The molecule has 0 saturated heterocycles. The highest BCUT2D eigenvalue weighted by atomic mass is 31.2. The first-order valence-corrected chi connectivity index (χ1v) is 24.6. The second kappa shape index (κ2) is 39.5. The Hall–Kier alpha value is -2.37. The number of esters is 2. The Bertz CT molecular complexity index is 1240. The van der Waals surface area contributed by atoms with E-state index in [1.165, 1.54) is 57.8 Å². The van der Waals surface area contributed by atoms with Crippen LogP contribution < -0.4 is 4.89 Å². The molecule has 0 saturated carbocycles. The van der Waals surface area contributed by atoms with E-state index in [4.69, 9.17) is 18.5 Å². The van der Waals surface area contributed by atoms with Crippen LogP contribution in [0.25, 0.3) is 0 Å². The molecule has 0 heterocycles. The zero-order chi connectivity index (χ0) is 44.6. The van der Waals surface area contributed by atoms with E-state index in [-0.39, 0.29) is 32.3 Å². The highest BCUT2D eigenvalue weighted by Gasteiger charge is 2.22. The van der Waals surface area contributed by atoms with Crippen LogP contribution >= 0.6 is 7.82 Å². The summed E-state index contributed by atoms with van der Waals surface area (Å²) in [5.74, 6) is -1.13. The van der Waals surface area contributed by atoms with Gasteiger partial charge in [0.1, 0.15) is 19.8 Å². The molecule has 0 aromatic carbocycles. The van der Waals surface area contributed by atoms with Crippen molar-refractivity contribution in [1.29, 1.82) is 0 Å². The van der Waals surface area contributed by atoms with Crippen molar-refractivity contribution >= 4 is 19.8 Å². The average molecular weight is 868 g/mol. The van der Waals surface area contributed by atoms with Crippen molar-refractivity contribution in [3.05, 3.63) is 60.8 Å². The summed E-state index contributed by atoms with van der Waals surface area (Å²) in [6, 6.07) is 0. The average Bonchev–Trinajstić information content (AvgIpc) is 3.19. The van der Waals surface area contributed by atoms with Gasteiger partial charge < -0.3 is 38.1 Å². The standard InChI is InChI=1S/C48H86NO10P/c1-6-8-10-12-14-16-18-20-21-22-23-24-26-28-30-32-34-38-48(53)59-44(43-58-60(54,55)57-41-40-49(3,4)5)42-56-47(52)39-35-37-46(51)45(50)36-33-31-29-27-25-19-17-15-13-11-9-7-2/h14-17,20-21,25,27,31,33,44-46,50-51H,6-13,18-19,22-24,26,28-30,32,34-43H2,1-5H3/b16-14-,17-15-,21-20-,27-25-,33-31-/t44-,45?,46?/m1/s1. The number of aliphatic hydroxyl groups is 2. The molecule has 0 fully saturated rings. The summed E-state index contributed by atoms with van der Waals surface area (Å²) in [6.45, 7) is 3.82. The van der Waals surface area contributed by atoms with E-state index in [2.05, 4.69) is 62.5 Å². The molecule has 12 heteroatoms. The van der Waals surface area contributed by atoms with Gasteiger partial charge in [-0.2, -0.15) is 0 Å². The van der Waals surface area contributed by atoms with Crippen LogP contribution in [0, 0.1) is 0 Å². The third-order valence-corrected chi connectivity index (χ3v) is 10.7. The van der Waals surface area contributed by atoms with Gasteiger partial charge in [0.15, 0.2) is 6.10 Å². The molecule has 0 radical (unpaired) electrons. The molecule has 4 atom stereocenters. The SMILES string of the molecule is CCCCC/C=C\C/C=C\C/C=C\CC(O)C(O)CCCC(=O)OC[C@H](COP(=O)([O-])OCC[N+](C)(C)C)OC(=O)CCCCCCCCC/C=C\C/C=C\CCCCC. The maximum Gasteiger partial charge on any atom is 0.306 e. The lowest BCUT2D eigenvalue weighted by Crippen LogP contribution is -2.37. The molecule has 0 aromatic rings. The lowest BCUT2D eigenvalue weighted by Gasteiger charge is -2.28. The van der Waals surface area contributed by atoms with Crippen molar-refractivity contribution in [2.75, 3.05) is 47.5 Å². The first-order valence-electron chi connectivity index (χ1n) is 23.2. The molecule has 0 spiro atoms. The number of aliphatic hydroxyl groups excluding tert-OH is 2. The quantitative estimate of drug-likeness (QED) is 0.0200. The summed E-state index contributed by atoms with van der Waals surface area (Å²) < 4.78 is 33.7. The van der Waals surface area contributed by atoms with E-state index in [0.29, 0.717) is 23.9 Å². The summed E-state index contributed by atoms with van der Waals surface area (Å²) >= 11 is 0. The molecule has 0 bridgehead atoms. The van der Waals surface area contributed by atoms with Gasteiger partial charge in [0.2, 0.25) is 0 Å². The zero-order valence-corrected chi connectivity index (χ0v) is 39.3. The zero-order valence-electron chi connectivity index (χ0n) is 38.4. The minimum Gasteiger partial charge on any atom is -0.756 e. The highest BCUT2D eigenvalue weighted by molar-refractivity contribution is 7.45. The van der Waals surface area contributed by atoms with Gasteiger partial charge in [-0.3, -0.25) is 14.2 Å². The Morgan fingerprint density at radius 2 is 1.08 bits per heavy atom. The fraction of sp³-hybridized carbons (Fsp3) is 0.750. The maximum absolute atomic E-state index is 12.7. The van der Waals surface area contributed by atoms with Crippen LogP contribution in [-0.2, 0) is 32.7 Å². The Morgan fingerprint density at radius 1 is 0.600 bits per heavy atom. The van der Waals surface area contributed by atoms with Gasteiger partial charge in [-0.25, -0.2) is 0 Å². The summed E-state index contributed by atoms with van der Waals surface area (Å²) in [5.41, 5.74) is 0. The van der Waals surface area contributed by atoms with Crippen LogP contribution in [-0.4, -0.2) is 92.5 Å². The number of allylic oxidation sites excluding steroid dienone is 9. The van der Waals surface area contributed by atoms with Crippen LogP contribution in [0.3, 0.4) is 0 Å². The summed E-state index contributed by atoms with van der Waals surface area (Å²) in [7, 11) is 0.999. The molecule has 3 unspecified atom stereocenters. The van der Waals surface area contributed by atoms with Crippen molar-refractivity contribution < 1.29 is 52.3 Å². The number of quaternary nitrogens is 1. The van der Waals surface area contributed by atoms with E-state index in [1.807, 2.05) is 33.3 Å². The predicted octanol–water partition coefficient (Wildman–Crippen LogP) is 10.6. The van der Waals surface area contributed by atoms with E-state index < -0.39 is 51.3 Å². The van der Waals surface area contributed by atoms with Gasteiger partial charge in [-0.05, 0) is 83.5 Å². The number of carbonyl (C=O) groups excluding carboxylic acids is 2. The number of phosphoric acid groups is 1. The third-order valence-electron chi connectivity index (χ3n) is 9.71. The highest BCUT2D eigenvalue weighted by Crippen LogP contribution is 2.38. The van der Waals surface area contributed by atoms with Crippen LogP contribution in [0.2, 0.25) is 0 Å². The van der Waals surface area contributed by atoms with Crippen molar-refractivity contribution in [3.63, 3.8) is 0 Å². The number of hydrogen-bond donors (Lipinski definition) is 2. The van der Waals surface area contributed by atoms with E-state index in [0.717, 1.165) is 57.8 Å². The van der Waals surface area contributed by atoms with Gasteiger partial charge in [0, 0.05) is 12.8 Å². The Balaban J connectivity index is 4.58. The summed E-state index contributed by atoms with van der Waals surface area (Å²) in [5, 5.41) is 20.7. The van der Waals surface area contributed by atoms with Crippen molar-refractivity contribution in [3.8, 4) is 0 Å². The number of carbonyl (C=O) groups is 2. The number of unbranched alkanes of at least 4 members (excludes halogenated alkanes) is 13. The van der Waals surface area contributed by atoms with Crippen molar-refractivity contribution in [1.82, 2.24) is 0 Å². The van der Waals surface area contributed by atoms with E-state index in [1.54, 1.807) is 0 Å². The van der Waals surface area contributed by atoms with Crippen LogP contribution in [0.4, 0.5) is 0 Å². The molecular formula is C48H86NO10P. The molecule has 0 aliphatic rings. The molecule has 0 aliphatic carbocycles. The molecule has 11 nitrogen and oxygen atoms in total. The van der Waals surface area contributed by atoms with Crippen molar-refractivity contribution in [2.45, 2.75) is 186 Å². The molecular weight excluding hydrogens is 781 g/mol. The molecule has 2 N–H and O–H groups in total. The normalized spacial score (nSPS) is 15.1. The monoisotopic (exact) mass is 868 g/mol. The minimum absolute atomic E-state index is 0.0409.